The minimum atomic E-state index is -0.664. The van der Waals surface area contributed by atoms with Gasteiger partial charge < -0.3 is 9.47 Å². The lowest BCUT2D eigenvalue weighted by atomic mass is 10.0. The zero-order chi connectivity index (χ0) is 11.3. The van der Waals surface area contributed by atoms with Crippen LogP contribution in [0.5, 0.6) is 0 Å². The fourth-order valence-corrected chi connectivity index (χ4v) is 1.66. The molecule has 15 heavy (non-hydrogen) atoms. The molecule has 4 nitrogen and oxygen atoms in total. The minimum Gasteiger partial charge on any atom is -0.463 e. The van der Waals surface area contributed by atoms with Gasteiger partial charge in [-0.05, 0) is 12.8 Å². The minimum absolute atomic E-state index is 0.0802. The average molecular weight is 214 g/mol. The fraction of sp³-hybridized carbons (Fsp3) is 0.818. The van der Waals surface area contributed by atoms with E-state index in [4.69, 9.17) is 9.47 Å². The Morgan fingerprint density at radius 2 is 2.33 bits per heavy atom. The smallest absolute Gasteiger partial charge is 0.347 e. The van der Waals surface area contributed by atoms with E-state index in [1.165, 1.54) is 0 Å². The van der Waals surface area contributed by atoms with Crippen molar-refractivity contribution in [3.63, 3.8) is 0 Å². The first kappa shape index (κ1) is 12.0. The second-order valence-electron chi connectivity index (χ2n) is 3.78. The Balaban J connectivity index is 2.42. The molecule has 0 bridgehead atoms. The highest BCUT2D eigenvalue weighted by molar-refractivity contribution is 5.81. The molecule has 1 fully saturated rings. The standard InChI is InChI=1S/C11H18O4/c1-3-5-8(4-2)10(12)15-9-6-7-14-11(9)13/h8-9H,3-7H2,1-2H3. The molecule has 0 aliphatic carbocycles. The van der Waals surface area contributed by atoms with Crippen LogP contribution in [0, 0.1) is 5.92 Å². The Hall–Kier alpha value is -1.06. The van der Waals surface area contributed by atoms with Gasteiger partial charge in [-0.15, -0.1) is 0 Å². The van der Waals surface area contributed by atoms with Gasteiger partial charge in [-0.25, -0.2) is 4.79 Å². The van der Waals surface area contributed by atoms with Crippen LogP contribution in [-0.4, -0.2) is 24.6 Å². The number of esters is 2. The third-order valence-electron chi connectivity index (χ3n) is 2.61. The number of hydrogen-bond donors (Lipinski definition) is 0. The number of ether oxygens (including phenoxy) is 2. The molecule has 0 amide bonds. The molecular formula is C11H18O4. The highest BCUT2D eigenvalue weighted by Crippen LogP contribution is 2.17. The van der Waals surface area contributed by atoms with Crippen LogP contribution >= 0.6 is 0 Å². The van der Waals surface area contributed by atoms with E-state index in [0.29, 0.717) is 13.0 Å². The van der Waals surface area contributed by atoms with Gasteiger partial charge in [0.2, 0.25) is 6.10 Å². The van der Waals surface area contributed by atoms with Crippen LogP contribution < -0.4 is 0 Å². The molecule has 1 heterocycles. The number of rotatable bonds is 5. The first-order valence-electron chi connectivity index (χ1n) is 5.56. The zero-order valence-corrected chi connectivity index (χ0v) is 9.32. The summed E-state index contributed by atoms with van der Waals surface area (Å²) in [4.78, 5) is 22.7. The Bertz CT molecular complexity index is 237. The van der Waals surface area contributed by atoms with E-state index in [-0.39, 0.29) is 11.9 Å². The van der Waals surface area contributed by atoms with Crippen LogP contribution in [0.2, 0.25) is 0 Å². The van der Waals surface area contributed by atoms with E-state index in [0.717, 1.165) is 19.3 Å². The molecule has 1 rings (SSSR count). The van der Waals surface area contributed by atoms with Gasteiger partial charge in [-0.3, -0.25) is 4.79 Å². The van der Waals surface area contributed by atoms with Gasteiger partial charge in [0.1, 0.15) is 0 Å². The molecular weight excluding hydrogens is 196 g/mol. The van der Waals surface area contributed by atoms with Crippen LogP contribution in [0.3, 0.4) is 0 Å². The predicted octanol–water partition coefficient (Wildman–Crippen LogP) is 1.67. The van der Waals surface area contributed by atoms with Crippen LogP contribution in [0.15, 0.2) is 0 Å². The van der Waals surface area contributed by atoms with Crippen molar-refractivity contribution in [2.75, 3.05) is 6.61 Å². The topological polar surface area (TPSA) is 52.6 Å². The van der Waals surface area contributed by atoms with E-state index >= 15 is 0 Å². The molecule has 0 N–H and O–H groups in total. The van der Waals surface area contributed by atoms with Gasteiger partial charge in [-0.2, -0.15) is 0 Å². The lowest BCUT2D eigenvalue weighted by molar-refractivity contribution is -0.163. The molecule has 0 aromatic carbocycles. The van der Waals surface area contributed by atoms with Crippen LogP contribution in [0.4, 0.5) is 0 Å². The maximum Gasteiger partial charge on any atom is 0.347 e. The molecule has 0 aromatic heterocycles. The van der Waals surface area contributed by atoms with Gasteiger partial charge in [-0.1, -0.05) is 20.3 Å². The summed E-state index contributed by atoms with van der Waals surface area (Å²) in [6, 6.07) is 0. The van der Waals surface area contributed by atoms with Crippen molar-refractivity contribution in [3.8, 4) is 0 Å². The summed E-state index contributed by atoms with van der Waals surface area (Å²) in [5.41, 5.74) is 0. The van der Waals surface area contributed by atoms with Crippen molar-refractivity contribution in [2.45, 2.75) is 45.6 Å². The molecule has 0 spiro atoms. The molecule has 1 aliphatic heterocycles. The Labute approximate surface area is 89.9 Å². The summed E-state index contributed by atoms with van der Waals surface area (Å²) in [5, 5.41) is 0. The number of hydrogen-bond acceptors (Lipinski definition) is 4. The van der Waals surface area contributed by atoms with Gasteiger partial charge in [0, 0.05) is 6.42 Å². The Kier molecular flexibility index (Phi) is 4.59. The lowest BCUT2D eigenvalue weighted by Crippen LogP contribution is -2.27. The van der Waals surface area contributed by atoms with Crippen molar-refractivity contribution in [3.05, 3.63) is 0 Å². The zero-order valence-electron chi connectivity index (χ0n) is 9.32. The van der Waals surface area contributed by atoms with Crippen LogP contribution in [-0.2, 0) is 19.1 Å². The summed E-state index contributed by atoms with van der Waals surface area (Å²) >= 11 is 0. The number of cyclic esters (lactones) is 1. The second-order valence-corrected chi connectivity index (χ2v) is 3.78. The highest BCUT2D eigenvalue weighted by atomic mass is 16.6. The Morgan fingerprint density at radius 1 is 1.60 bits per heavy atom. The van der Waals surface area contributed by atoms with E-state index in [9.17, 15) is 9.59 Å². The van der Waals surface area contributed by atoms with Gasteiger partial charge >= 0.3 is 11.9 Å². The van der Waals surface area contributed by atoms with E-state index in [1.807, 2.05) is 13.8 Å². The highest BCUT2D eigenvalue weighted by Gasteiger charge is 2.31. The maximum absolute atomic E-state index is 11.6. The fourth-order valence-electron chi connectivity index (χ4n) is 1.66. The Morgan fingerprint density at radius 3 is 2.80 bits per heavy atom. The number of carbonyl (C=O) groups is 2. The molecule has 1 aliphatic rings. The first-order chi connectivity index (χ1) is 7.19. The third-order valence-corrected chi connectivity index (χ3v) is 2.61. The summed E-state index contributed by atoms with van der Waals surface area (Å²) in [6.07, 6.45) is 2.35. The third kappa shape index (κ3) is 3.22. The molecule has 0 saturated carbocycles. The van der Waals surface area contributed by atoms with Crippen molar-refractivity contribution in [2.24, 2.45) is 5.92 Å². The van der Waals surface area contributed by atoms with Crippen molar-refractivity contribution >= 4 is 11.9 Å². The maximum atomic E-state index is 11.6. The summed E-state index contributed by atoms with van der Waals surface area (Å²) in [5.74, 6) is -0.749. The SMILES string of the molecule is CCCC(CC)C(=O)OC1CCOC1=O. The van der Waals surface area contributed by atoms with E-state index in [1.54, 1.807) is 0 Å². The molecule has 1 saturated heterocycles. The molecule has 86 valence electrons. The molecule has 0 radical (unpaired) electrons. The largest absolute Gasteiger partial charge is 0.463 e. The summed E-state index contributed by atoms with van der Waals surface area (Å²) in [7, 11) is 0. The molecule has 4 heteroatoms. The van der Waals surface area contributed by atoms with Gasteiger partial charge in [0.25, 0.3) is 0 Å². The monoisotopic (exact) mass is 214 g/mol. The number of carbonyl (C=O) groups excluding carboxylic acids is 2. The lowest BCUT2D eigenvalue weighted by Gasteiger charge is -2.15. The normalized spacial score (nSPS) is 22.3. The van der Waals surface area contributed by atoms with Gasteiger partial charge in [0.05, 0.1) is 12.5 Å². The van der Waals surface area contributed by atoms with Crippen molar-refractivity contribution < 1.29 is 19.1 Å². The first-order valence-corrected chi connectivity index (χ1v) is 5.56. The predicted molar refractivity (Wildman–Crippen MR) is 54.1 cm³/mol. The quantitative estimate of drug-likeness (QED) is 0.653. The molecule has 2 unspecified atom stereocenters. The van der Waals surface area contributed by atoms with Crippen LogP contribution in [0.25, 0.3) is 0 Å². The van der Waals surface area contributed by atoms with Gasteiger partial charge in [0.15, 0.2) is 0 Å². The summed E-state index contributed by atoms with van der Waals surface area (Å²) < 4.78 is 9.84. The van der Waals surface area contributed by atoms with Crippen LogP contribution in [0.1, 0.15) is 39.5 Å². The molecule has 2 atom stereocenters. The summed E-state index contributed by atoms with van der Waals surface area (Å²) in [6.45, 7) is 4.34. The van der Waals surface area contributed by atoms with E-state index in [2.05, 4.69) is 0 Å². The molecule has 0 aromatic rings. The second kappa shape index (κ2) is 5.73. The van der Waals surface area contributed by atoms with E-state index < -0.39 is 12.1 Å². The van der Waals surface area contributed by atoms with Crippen molar-refractivity contribution in [1.29, 1.82) is 0 Å². The average Bonchev–Trinajstić information content (AvgIpc) is 2.60. The van der Waals surface area contributed by atoms with Crippen molar-refractivity contribution in [1.82, 2.24) is 0 Å².